The van der Waals surface area contributed by atoms with Gasteiger partial charge in [0.05, 0.1) is 25.5 Å². The molecule has 184 valence electrons. The van der Waals surface area contributed by atoms with Gasteiger partial charge in [0, 0.05) is 12.1 Å². The van der Waals surface area contributed by atoms with Crippen LogP contribution >= 0.6 is 0 Å². The van der Waals surface area contributed by atoms with Crippen molar-refractivity contribution in [2.45, 2.75) is 50.9 Å². The van der Waals surface area contributed by atoms with Crippen molar-refractivity contribution in [1.82, 2.24) is 40.6 Å². The molecule has 0 aliphatic heterocycles. The van der Waals surface area contributed by atoms with Crippen LogP contribution in [0, 0.1) is 0 Å². The maximum absolute atomic E-state index is 12.9. The molecule has 1 aliphatic rings. The van der Waals surface area contributed by atoms with Crippen LogP contribution in [0.3, 0.4) is 0 Å². The molecule has 2 aromatic carbocycles. The molecule has 2 atom stereocenters. The van der Waals surface area contributed by atoms with E-state index in [0.29, 0.717) is 13.1 Å². The fourth-order valence-corrected chi connectivity index (χ4v) is 4.46. The van der Waals surface area contributed by atoms with Crippen molar-refractivity contribution in [2.24, 2.45) is 0 Å². The minimum Gasteiger partial charge on any atom is -0.346 e. The molecule has 0 radical (unpaired) electrons. The molecule has 0 saturated heterocycles. The Labute approximate surface area is 208 Å². The molecule has 2 N–H and O–H groups in total. The van der Waals surface area contributed by atoms with Crippen LogP contribution < -0.4 is 10.6 Å². The first kappa shape index (κ1) is 23.4. The lowest BCUT2D eigenvalue weighted by atomic mass is 9.90. The van der Waals surface area contributed by atoms with Gasteiger partial charge in [-0.1, -0.05) is 83.9 Å². The van der Waals surface area contributed by atoms with Gasteiger partial charge in [-0.2, -0.15) is 0 Å². The van der Waals surface area contributed by atoms with E-state index in [0.717, 1.165) is 36.8 Å². The van der Waals surface area contributed by atoms with E-state index in [1.165, 1.54) is 0 Å². The van der Waals surface area contributed by atoms with Gasteiger partial charge >= 0.3 is 0 Å². The number of nitrogens with zero attached hydrogens (tertiary/aromatic N) is 6. The molecule has 1 saturated carbocycles. The average Bonchev–Trinajstić information content (AvgIpc) is 3.57. The van der Waals surface area contributed by atoms with Gasteiger partial charge in [-0.05, 0) is 24.0 Å². The van der Waals surface area contributed by atoms with Crippen molar-refractivity contribution in [3.63, 3.8) is 0 Å². The molecule has 5 rings (SSSR count). The Morgan fingerprint density at radius 1 is 0.694 bits per heavy atom. The monoisotopic (exact) mass is 484 g/mol. The van der Waals surface area contributed by atoms with Crippen LogP contribution in [0.5, 0.6) is 0 Å². The Morgan fingerprint density at radius 3 is 1.53 bits per heavy atom. The van der Waals surface area contributed by atoms with E-state index in [9.17, 15) is 9.59 Å². The van der Waals surface area contributed by atoms with Crippen molar-refractivity contribution in [2.75, 3.05) is 0 Å². The number of benzene rings is 2. The topological polar surface area (TPSA) is 120 Å². The maximum atomic E-state index is 12.9. The fourth-order valence-electron chi connectivity index (χ4n) is 4.46. The van der Waals surface area contributed by atoms with E-state index >= 15 is 0 Å². The van der Waals surface area contributed by atoms with Gasteiger partial charge in [-0.25, -0.2) is 9.36 Å². The molecule has 10 heteroatoms. The van der Waals surface area contributed by atoms with Crippen LogP contribution in [0.25, 0.3) is 0 Å². The Bertz CT molecular complexity index is 1200. The zero-order valence-corrected chi connectivity index (χ0v) is 19.8. The van der Waals surface area contributed by atoms with Gasteiger partial charge in [0.15, 0.2) is 11.4 Å². The molecule has 2 heterocycles. The van der Waals surface area contributed by atoms with Crippen LogP contribution in [0.4, 0.5) is 0 Å². The van der Waals surface area contributed by atoms with Crippen molar-refractivity contribution in [1.29, 1.82) is 0 Å². The average molecular weight is 485 g/mol. The number of aromatic nitrogens is 6. The van der Waals surface area contributed by atoms with Crippen molar-refractivity contribution in [3.05, 3.63) is 95.6 Å². The Balaban J connectivity index is 1.18. The number of nitrogens with one attached hydrogen (secondary N) is 2. The van der Waals surface area contributed by atoms with Gasteiger partial charge in [-0.15, -0.1) is 10.2 Å². The lowest BCUT2D eigenvalue weighted by Gasteiger charge is -2.32. The molecular formula is C26H28N8O2. The number of carbonyl (C=O) groups excluding carboxylic acids is 2. The van der Waals surface area contributed by atoms with Gasteiger partial charge < -0.3 is 10.6 Å². The van der Waals surface area contributed by atoms with E-state index in [2.05, 4.69) is 31.3 Å². The van der Waals surface area contributed by atoms with Gasteiger partial charge in [0.2, 0.25) is 0 Å². The standard InChI is InChI=1S/C26H28N8O2/c35-25(23-17-33(31-29-23)15-19-9-3-1-4-10-19)27-21-13-7-8-14-22(21)28-26(36)24-18-34(32-30-24)16-20-11-5-2-6-12-20/h1-6,9-12,17-18,21-22H,7-8,13-16H2,(H,27,35)(H,28,36)/t21-,22-/m1/s1. The number of hydrogen-bond donors (Lipinski definition) is 2. The fraction of sp³-hybridized carbons (Fsp3) is 0.308. The van der Waals surface area contributed by atoms with Gasteiger partial charge in [0.25, 0.3) is 11.8 Å². The highest BCUT2D eigenvalue weighted by Crippen LogP contribution is 2.19. The second kappa shape index (κ2) is 10.9. The summed E-state index contributed by atoms with van der Waals surface area (Å²) in [4.78, 5) is 25.8. The van der Waals surface area contributed by atoms with E-state index in [-0.39, 0.29) is 35.3 Å². The van der Waals surface area contributed by atoms with E-state index < -0.39 is 0 Å². The quantitative estimate of drug-likeness (QED) is 0.396. The predicted octanol–water partition coefficient (Wildman–Crippen LogP) is 2.44. The van der Waals surface area contributed by atoms with Crippen LogP contribution in [-0.4, -0.2) is 53.9 Å². The van der Waals surface area contributed by atoms with Crippen molar-refractivity contribution in [3.8, 4) is 0 Å². The summed E-state index contributed by atoms with van der Waals surface area (Å²) in [6.07, 6.45) is 6.79. The van der Waals surface area contributed by atoms with Gasteiger partial charge in [0.1, 0.15) is 0 Å². The Hall–Kier alpha value is -4.34. The maximum Gasteiger partial charge on any atom is 0.273 e. The minimum atomic E-state index is -0.297. The normalized spacial score (nSPS) is 17.4. The molecule has 2 amide bonds. The highest BCUT2D eigenvalue weighted by atomic mass is 16.2. The molecule has 1 aliphatic carbocycles. The first-order chi connectivity index (χ1) is 17.6. The van der Waals surface area contributed by atoms with Crippen LogP contribution in [0.1, 0.15) is 57.8 Å². The summed E-state index contributed by atoms with van der Waals surface area (Å²) in [6, 6.07) is 19.3. The number of carbonyl (C=O) groups is 2. The van der Waals surface area contributed by atoms with Crippen molar-refractivity contribution >= 4 is 11.8 Å². The summed E-state index contributed by atoms with van der Waals surface area (Å²) in [7, 11) is 0. The molecule has 0 unspecified atom stereocenters. The number of hydrogen-bond acceptors (Lipinski definition) is 6. The molecule has 36 heavy (non-hydrogen) atoms. The summed E-state index contributed by atoms with van der Waals surface area (Å²) in [5.74, 6) is -0.594. The van der Waals surface area contributed by atoms with E-state index in [1.54, 1.807) is 21.8 Å². The summed E-state index contributed by atoms with van der Waals surface area (Å²) in [6.45, 7) is 1.07. The third-order valence-electron chi connectivity index (χ3n) is 6.32. The predicted molar refractivity (Wildman–Crippen MR) is 132 cm³/mol. The van der Waals surface area contributed by atoms with Crippen molar-refractivity contribution < 1.29 is 9.59 Å². The second-order valence-corrected chi connectivity index (χ2v) is 9.02. The summed E-state index contributed by atoms with van der Waals surface area (Å²) in [5, 5.41) is 22.3. The summed E-state index contributed by atoms with van der Waals surface area (Å²) < 4.78 is 3.28. The molecule has 10 nitrogen and oxygen atoms in total. The molecule has 0 spiro atoms. The molecule has 2 aromatic heterocycles. The lowest BCUT2D eigenvalue weighted by molar-refractivity contribution is 0.0857. The lowest BCUT2D eigenvalue weighted by Crippen LogP contribution is -2.53. The third-order valence-corrected chi connectivity index (χ3v) is 6.32. The highest BCUT2D eigenvalue weighted by molar-refractivity contribution is 5.93. The van der Waals surface area contributed by atoms with E-state index in [1.807, 2.05) is 60.7 Å². The molecule has 0 bridgehead atoms. The number of amides is 2. The van der Waals surface area contributed by atoms with E-state index in [4.69, 9.17) is 0 Å². The first-order valence-corrected chi connectivity index (χ1v) is 12.1. The molecular weight excluding hydrogens is 456 g/mol. The smallest absolute Gasteiger partial charge is 0.273 e. The van der Waals surface area contributed by atoms with Gasteiger partial charge in [-0.3, -0.25) is 9.59 Å². The largest absolute Gasteiger partial charge is 0.346 e. The van der Waals surface area contributed by atoms with Crippen LogP contribution in [0.15, 0.2) is 73.1 Å². The molecule has 4 aromatic rings. The van der Waals surface area contributed by atoms with Crippen LogP contribution in [-0.2, 0) is 13.1 Å². The van der Waals surface area contributed by atoms with Crippen LogP contribution in [0.2, 0.25) is 0 Å². The zero-order chi connectivity index (χ0) is 24.7. The first-order valence-electron chi connectivity index (χ1n) is 12.1. The Kier molecular flexibility index (Phi) is 7.11. The highest BCUT2D eigenvalue weighted by Gasteiger charge is 2.29. The third kappa shape index (κ3) is 5.83. The minimum absolute atomic E-state index is 0.200. The summed E-state index contributed by atoms with van der Waals surface area (Å²) in [5.41, 5.74) is 2.66. The number of rotatable bonds is 8. The SMILES string of the molecule is O=C(N[C@@H]1CCCC[C@H]1NC(=O)c1cn(Cc2ccccc2)nn1)c1cn(Cc2ccccc2)nn1. The summed E-state index contributed by atoms with van der Waals surface area (Å²) >= 11 is 0. The zero-order valence-electron chi connectivity index (χ0n) is 19.8. The molecule has 1 fully saturated rings. The Morgan fingerprint density at radius 2 is 1.11 bits per heavy atom. The second-order valence-electron chi connectivity index (χ2n) is 9.02.